The van der Waals surface area contributed by atoms with Gasteiger partial charge in [-0.05, 0) is 44.2 Å². The van der Waals surface area contributed by atoms with Gasteiger partial charge in [-0.15, -0.1) is 0 Å². The molecule has 19 heavy (non-hydrogen) atoms. The van der Waals surface area contributed by atoms with Gasteiger partial charge in [0.05, 0.1) is 6.10 Å². The van der Waals surface area contributed by atoms with Gasteiger partial charge in [0.15, 0.2) is 0 Å². The normalized spacial score (nSPS) is 32.7. The van der Waals surface area contributed by atoms with Crippen molar-refractivity contribution in [3.05, 3.63) is 23.5 Å². The Kier molecular flexibility index (Phi) is 3.22. The van der Waals surface area contributed by atoms with Crippen LogP contribution in [0.2, 0.25) is 0 Å². The first-order chi connectivity index (χ1) is 9.05. The van der Waals surface area contributed by atoms with Crippen molar-refractivity contribution in [3.63, 3.8) is 0 Å². The van der Waals surface area contributed by atoms with Crippen molar-refractivity contribution < 1.29 is 4.74 Å². The van der Waals surface area contributed by atoms with E-state index in [1.165, 1.54) is 24.1 Å². The smallest absolute Gasteiger partial charge is 0.0665 e. The molecule has 1 fully saturated rings. The first kappa shape index (κ1) is 13.2. The maximum atomic E-state index is 6.22. The highest BCUT2D eigenvalue weighted by Crippen LogP contribution is 2.52. The van der Waals surface area contributed by atoms with Crippen LogP contribution in [0.1, 0.15) is 63.4 Å². The summed E-state index contributed by atoms with van der Waals surface area (Å²) in [4.78, 5) is 0. The molecule has 0 radical (unpaired) electrons. The summed E-state index contributed by atoms with van der Waals surface area (Å²) in [5.41, 5.74) is 9.31. The van der Waals surface area contributed by atoms with Crippen molar-refractivity contribution >= 4 is 0 Å². The SMILES string of the molecule is CCOC1CC(n2ccc3c2CCCC3N)C1(C)C. The lowest BCUT2D eigenvalue weighted by atomic mass is 9.64. The molecule has 3 rings (SSSR count). The standard InChI is InChI=1S/C16H26N2O/c1-4-19-15-10-14(16(15,2)3)18-9-8-11-12(17)6-5-7-13(11)18/h8-9,12,14-15H,4-7,10,17H2,1-3H3. The Morgan fingerprint density at radius 2 is 2.26 bits per heavy atom. The minimum absolute atomic E-state index is 0.227. The van der Waals surface area contributed by atoms with E-state index in [4.69, 9.17) is 10.5 Å². The van der Waals surface area contributed by atoms with Crippen molar-refractivity contribution in [2.24, 2.45) is 11.1 Å². The van der Waals surface area contributed by atoms with E-state index in [0.717, 1.165) is 19.4 Å². The molecule has 1 heterocycles. The molecule has 1 aromatic heterocycles. The van der Waals surface area contributed by atoms with Gasteiger partial charge >= 0.3 is 0 Å². The summed E-state index contributed by atoms with van der Waals surface area (Å²) in [5, 5.41) is 0. The summed E-state index contributed by atoms with van der Waals surface area (Å²) in [7, 11) is 0. The average molecular weight is 262 g/mol. The molecule has 3 atom stereocenters. The number of hydrogen-bond acceptors (Lipinski definition) is 2. The first-order valence-electron chi connectivity index (χ1n) is 7.62. The van der Waals surface area contributed by atoms with Gasteiger partial charge in [0.1, 0.15) is 0 Å². The topological polar surface area (TPSA) is 40.2 Å². The molecule has 2 aliphatic carbocycles. The van der Waals surface area contributed by atoms with E-state index in [1.807, 2.05) is 0 Å². The van der Waals surface area contributed by atoms with Gasteiger partial charge in [-0.2, -0.15) is 0 Å². The van der Waals surface area contributed by atoms with E-state index in [-0.39, 0.29) is 11.5 Å². The molecule has 1 saturated carbocycles. The molecule has 0 bridgehead atoms. The highest BCUT2D eigenvalue weighted by molar-refractivity contribution is 5.30. The fourth-order valence-electron chi connectivity index (χ4n) is 3.86. The minimum Gasteiger partial charge on any atom is -0.378 e. The van der Waals surface area contributed by atoms with Crippen LogP contribution in [0.3, 0.4) is 0 Å². The quantitative estimate of drug-likeness (QED) is 0.908. The van der Waals surface area contributed by atoms with E-state index < -0.39 is 0 Å². The second-order valence-corrected chi connectivity index (χ2v) is 6.64. The Morgan fingerprint density at radius 3 is 2.95 bits per heavy atom. The Morgan fingerprint density at radius 1 is 1.47 bits per heavy atom. The van der Waals surface area contributed by atoms with Crippen LogP contribution in [-0.2, 0) is 11.2 Å². The van der Waals surface area contributed by atoms with Gasteiger partial charge in [-0.1, -0.05) is 13.8 Å². The Labute approximate surface area is 116 Å². The lowest BCUT2D eigenvalue weighted by molar-refractivity contribution is -0.128. The molecule has 106 valence electrons. The van der Waals surface area contributed by atoms with E-state index in [0.29, 0.717) is 12.1 Å². The number of ether oxygens (including phenoxy) is 1. The van der Waals surface area contributed by atoms with Crippen molar-refractivity contribution in [2.75, 3.05) is 6.61 Å². The maximum absolute atomic E-state index is 6.22. The predicted molar refractivity (Wildman–Crippen MR) is 77.1 cm³/mol. The van der Waals surface area contributed by atoms with Crippen LogP contribution in [0.5, 0.6) is 0 Å². The monoisotopic (exact) mass is 262 g/mol. The average Bonchev–Trinajstić information content (AvgIpc) is 2.79. The molecule has 2 N–H and O–H groups in total. The largest absolute Gasteiger partial charge is 0.378 e. The summed E-state index contributed by atoms with van der Waals surface area (Å²) in [6.45, 7) is 7.56. The zero-order valence-electron chi connectivity index (χ0n) is 12.4. The molecule has 3 heteroatoms. The Hall–Kier alpha value is -0.800. The lowest BCUT2D eigenvalue weighted by Crippen LogP contribution is -2.51. The van der Waals surface area contributed by atoms with E-state index in [1.54, 1.807) is 0 Å². The Bertz CT molecular complexity index is 463. The van der Waals surface area contributed by atoms with Crippen LogP contribution in [0, 0.1) is 5.41 Å². The second kappa shape index (κ2) is 4.64. The van der Waals surface area contributed by atoms with Crippen LogP contribution >= 0.6 is 0 Å². The third kappa shape index (κ3) is 1.95. The van der Waals surface area contributed by atoms with Crippen LogP contribution in [-0.4, -0.2) is 17.3 Å². The minimum atomic E-state index is 0.227. The maximum Gasteiger partial charge on any atom is 0.0665 e. The molecule has 0 spiro atoms. The molecule has 0 aliphatic heterocycles. The first-order valence-corrected chi connectivity index (χ1v) is 7.62. The molecular formula is C16H26N2O. The lowest BCUT2D eigenvalue weighted by Gasteiger charge is -2.52. The van der Waals surface area contributed by atoms with E-state index in [9.17, 15) is 0 Å². The second-order valence-electron chi connectivity index (χ2n) is 6.64. The fraction of sp³-hybridized carbons (Fsp3) is 0.750. The zero-order valence-corrected chi connectivity index (χ0v) is 12.4. The third-order valence-corrected chi connectivity index (χ3v) is 5.22. The van der Waals surface area contributed by atoms with Gasteiger partial charge in [-0.3, -0.25) is 0 Å². The number of hydrogen-bond donors (Lipinski definition) is 1. The highest BCUT2D eigenvalue weighted by atomic mass is 16.5. The molecule has 0 saturated heterocycles. The number of nitrogens with two attached hydrogens (primary N) is 1. The number of aromatic nitrogens is 1. The van der Waals surface area contributed by atoms with Crippen LogP contribution in [0.4, 0.5) is 0 Å². The van der Waals surface area contributed by atoms with Crippen molar-refractivity contribution in [1.29, 1.82) is 0 Å². The molecule has 0 amide bonds. The van der Waals surface area contributed by atoms with Crippen molar-refractivity contribution in [1.82, 2.24) is 4.57 Å². The van der Waals surface area contributed by atoms with Gasteiger partial charge in [0, 0.05) is 36.0 Å². The molecule has 0 aromatic carbocycles. The molecule has 2 aliphatic rings. The zero-order chi connectivity index (χ0) is 13.6. The molecule has 3 nitrogen and oxygen atoms in total. The summed E-state index contributed by atoms with van der Waals surface area (Å²) >= 11 is 0. The molecular weight excluding hydrogens is 236 g/mol. The molecule has 1 aromatic rings. The molecule has 3 unspecified atom stereocenters. The van der Waals surface area contributed by atoms with Crippen LogP contribution in [0.15, 0.2) is 12.3 Å². The van der Waals surface area contributed by atoms with Crippen molar-refractivity contribution in [3.8, 4) is 0 Å². The number of rotatable bonds is 3. The fourth-order valence-corrected chi connectivity index (χ4v) is 3.86. The predicted octanol–water partition coefficient (Wildman–Crippen LogP) is 3.20. The Balaban J connectivity index is 1.85. The van der Waals surface area contributed by atoms with Crippen LogP contribution in [0.25, 0.3) is 0 Å². The van der Waals surface area contributed by atoms with Gasteiger partial charge in [-0.25, -0.2) is 0 Å². The number of fused-ring (bicyclic) bond motifs is 1. The summed E-state index contributed by atoms with van der Waals surface area (Å²) in [5.74, 6) is 0. The third-order valence-electron chi connectivity index (χ3n) is 5.22. The van der Waals surface area contributed by atoms with Gasteiger partial charge in [0.2, 0.25) is 0 Å². The van der Waals surface area contributed by atoms with E-state index in [2.05, 4.69) is 37.6 Å². The summed E-state index contributed by atoms with van der Waals surface area (Å²) in [6, 6.07) is 3.05. The highest BCUT2D eigenvalue weighted by Gasteiger charge is 2.50. The summed E-state index contributed by atoms with van der Waals surface area (Å²) < 4.78 is 8.34. The number of nitrogens with zero attached hydrogens (tertiary/aromatic N) is 1. The van der Waals surface area contributed by atoms with E-state index >= 15 is 0 Å². The van der Waals surface area contributed by atoms with Gasteiger partial charge in [0.25, 0.3) is 0 Å². The van der Waals surface area contributed by atoms with Crippen LogP contribution < -0.4 is 5.73 Å². The van der Waals surface area contributed by atoms with Gasteiger partial charge < -0.3 is 15.0 Å². The summed E-state index contributed by atoms with van der Waals surface area (Å²) in [6.07, 6.45) is 7.33. The van der Waals surface area contributed by atoms with Crippen molar-refractivity contribution in [2.45, 2.75) is 64.6 Å².